The molecular weight excluding hydrogens is 202 g/mol. The Hall–Kier alpha value is -0.770. The molecule has 0 aliphatic heterocycles. The Bertz CT molecular complexity index is 257. The number of unbranched alkanes of at least 4 members (excludes halogenated alkanes) is 1. The summed E-state index contributed by atoms with van der Waals surface area (Å²) >= 11 is 0. The van der Waals surface area contributed by atoms with Gasteiger partial charge in [0.1, 0.15) is 5.84 Å². The van der Waals surface area contributed by atoms with E-state index >= 15 is 0 Å². The number of oxime groups is 1. The molecule has 0 saturated heterocycles. The van der Waals surface area contributed by atoms with Gasteiger partial charge in [0.05, 0.1) is 0 Å². The highest BCUT2D eigenvalue weighted by molar-refractivity contribution is 5.85. The number of nitrogens with zero attached hydrogens (tertiary/aromatic N) is 1. The molecular formula is C12H25N3O. The van der Waals surface area contributed by atoms with Crippen molar-refractivity contribution in [3.05, 3.63) is 0 Å². The molecule has 1 fully saturated rings. The Morgan fingerprint density at radius 1 is 1.44 bits per heavy atom. The molecule has 1 saturated carbocycles. The molecule has 0 heterocycles. The van der Waals surface area contributed by atoms with Crippen LogP contribution in [0.4, 0.5) is 0 Å². The van der Waals surface area contributed by atoms with Gasteiger partial charge in [0.15, 0.2) is 0 Å². The molecule has 1 rings (SSSR count). The summed E-state index contributed by atoms with van der Waals surface area (Å²) in [5, 5.41) is 15.3. The summed E-state index contributed by atoms with van der Waals surface area (Å²) < 4.78 is 0. The van der Waals surface area contributed by atoms with Gasteiger partial charge < -0.3 is 16.3 Å². The Balaban J connectivity index is 2.10. The maximum Gasteiger partial charge on any atom is 0.144 e. The van der Waals surface area contributed by atoms with Crippen molar-refractivity contribution in [2.24, 2.45) is 16.3 Å². The highest BCUT2D eigenvalue weighted by Crippen LogP contribution is 2.34. The first-order valence-corrected chi connectivity index (χ1v) is 6.13. The zero-order valence-corrected chi connectivity index (χ0v) is 10.7. The van der Waals surface area contributed by atoms with E-state index in [4.69, 9.17) is 10.9 Å². The molecule has 0 spiro atoms. The van der Waals surface area contributed by atoms with Crippen molar-refractivity contribution in [3.8, 4) is 0 Å². The molecule has 0 bridgehead atoms. The molecule has 0 aromatic carbocycles. The molecule has 4 heteroatoms. The molecule has 0 aromatic heterocycles. The second kappa shape index (κ2) is 5.04. The first kappa shape index (κ1) is 13.3. The molecule has 4 nitrogen and oxygen atoms in total. The van der Waals surface area contributed by atoms with Gasteiger partial charge in [-0.05, 0) is 39.2 Å². The highest BCUT2D eigenvalue weighted by Gasteiger charge is 2.36. The Labute approximate surface area is 98.3 Å². The van der Waals surface area contributed by atoms with E-state index in [1.807, 2.05) is 13.8 Å². The van der Waals surface area contributed by atoms with Crippen LogP contribution in [-0.4, -0.2) is 23.1 Å². The van der Waals surface area contributed by atoms with E-state index < -0.39 is 0 Å². The maximum atomic E-state index is 8.64. The Morgan fingerprint density at radius 3 is 2.56 bits per heavy atom. The molecule has 0 unspecified atom stereocenters. The van der Waals surface area contributed by atoms with Crippen LogP contribution in [0, 0.1) is 5.41 Å². The zero-order chi connectivity index (χ0) is 12.2. The van der Waals surface area contributed by atoms with Crippen LogP contribution in [-0.2, 0) is 0 Å². The molecule has 4 N–H and O–H groups in total. The lowest BCUT2D eigenvalue weighted by atomic mass is 9.86. The summed E-state index contributed by atoms with van der Waals surface area (Å²) in [6.45, 7) is 7.37. The van der Waals surface area contributed by atoms with Crippen LogP contribution in [0.3, 0.4) is 0 Å². The monoisotopic (exact) mass is 227 g/mol. The third-order valence-electron chi connectivity index (χ3n) is 3.58. The minimum Gasteiger partial charge on any atom is -0.409 e. The Kier molecular flexibility index (Phi) is 4.19. The number of hydrogen-bond donors (Lipinski definition) is 3. The molecule has 0 amide bonds. The Morgan fingerprint density at radius 2 is 2.06 bits per heavy atom. The lowest BCUT2D eigenvalue weighted by Crippen LogP contribution is -2.32. The largest absolute Gasteiger partial charge is 0.409 e. The smallest absolute Gasteiger partial charge is 0.144 e. The van der Waals surface area contributed by atoms with Crippen molar-refractivity contribution in [2.75, 3.05) is 6.54 Å². The van der Waals surface area contributed by atoms with E-state index in [0.717, 1.165) is 25.8 Å². The molecule has 1 aliphatic rings. The zero-order valence-electron chi connectivity index (χ0n) is 10.7. The van der Waals surface area contributed by atoms with Gasteiger partial charge >= 0.3 is 0 Å². The fourth-order valence-corrected chi connectivity index (χ4v) is 1.71. The fraction of sp³-hybridized carbons (Fsp3) is 0.917. The fourth-order valence-electron chi connectivity index (χ4n) is 1.71. The predicted octanol–water partition coefficient (Wildman–Crippen LogP) is 2.07. The van der Waals surface area contributed by atoms with Crippen LogP contribution in [0.1, 0.15) is 52.9 Å². The predicted molar refractivity (Wildman–Crippen MR) is 66.7 cm³/mol. The lowest BCUT2D eigenvalue weighted by molar-refractivity contribution is 0.304. The minimum atomic E-state index is -0.196. The van der Waals surface area contributed by atoms with E-state index in [1.54, 1.807) is 0 Å². The standard InChI is InChI=1S/C12H25N3O/c1-11(2,10(13)15-16)6-4-5-9-14-12(3)7-8-12/h14,16H,4-9H2,1-3H3,(H2,13,15). The van der Waals surface area contributed by atoms with E-state index in [1.165, 1.54) is 12.8 Å². The summed E-state index contributed by atoms with van der Waals surface area (Å²) in [6.07, 6.45) is 5.83. The van der Waals surface area contributed by atoms with E-state index in [2.05, 4.69) is 17.4 Å². The lowest BCUT2D eigenvalue weighted by Gasteiger charge is -2.22. The maximum absolute atomic E-state index is 8.64. The van der Waals surface area contributed by atoms with Crippen LogP contribution < -0.4 is 11.1 Å². The van der Waals surface area contributed by atoms with Gasteiger partial charge in [0.25, 0.3) is 0 Å². The van der Waals surface area contributed by atoms with Crippen molar-refractivity contribution in [2.45, 2.75) is 58.4 Å². The number of nitrogens with one attached hydrogen (secondary N) is 1. The molecule has 0 atom stereocenters. The minimum absolute atomic E-state index is 0.196. The van der Waals surface area contributed by atoms with Crippen LogP contribution in [0.15, 0.2) is 5.16 Å². The third-order valence-corrected chi connectivity index (χ3v) is 3.58. The number of hydrogen-bond acceptors (Lipinski definition) is 3. The van der Waals surface area contributed by atoms with Gasteiger partial charge in [-0.3, -0.25) is 0 Å². The van der Waals surface area contributed by atoms with Crippen molar-refractivity contribution < 1.29 is 5.21 Å². The SMILES string of the molecule is CC1(NCCCCC(C)(C)C(N)=NO)CC1. The second-order valence-electron chi connectivity index (χ2n) is 5.81. The van der Waals surface area contributed by atoms with Gasteiger partial charge in [-0.1, -0.05) is 25.4 Å². The average molecular weight is 227 g/mol. The first-order chi connectivity index (χ1) is 7.40. The molecule has 0 aromatic rings. The normalized spacial score (nSPS) is 19.8. The van der Waals surface area contributed by atoms with Crippen molar-refractivity contribution >= 4 is 5.84 Å². The quantitative estimate of drug-likeness (QED) is 0.205. The van der Waals surface area contributed by atoms with E-state index in [0.29, 0.717) is 11.4 Å². The molecule has 1 aliphatic carbocycles. The van der Waals surface area contributed by atoms with Gasteiger partial charge in [-0.25, -0.2) is 0 Å². The van der Waals surface area contributed by atoms with Gasteiger partial charge in [-0.2, -0.15) is 0 Å². The third kappa shape index (κ3) is 4.00. The van der Waals surface area contributed by atoms with Crippen LogP contribution >= 0.6 is 0 Å². The summed E-state index contributed by atoms with van der Waals surface area (Å²) in [6, 6.07) is 0. The van der Waals surface area contributed by atoms with Crippen molar-refractivity contribution in [1.29, 1.82) is 0 Å². The van der Waals surface area contributed by atoms with Gasteiger partial charge in [-0.15, -0.1) is 0 Å². The highest BCUT2D eigenvalue weighted by atomic mass is 16.4. The van der Waals surface area contributed by atoms with Crippen LogP contribution in [0.25, 0.3) is 0 Å². The van der Waals surface area contributed by atoms with Crippen molar-refractivity contribution in [3.63, 3.8) is 0 Å². The summed E-state index contributed by atoms with van der Waals surface area (Å²) in [7, 11) is 0. The van der Waals surface area contributed by atoms with Gasteiger partial charge in [0.2, 0.25) is 0 Å². The van der Waals surface area contributed by atoms with Crippen molar-refractivity contribution in [1.82, 2.24) is 5.32 Å². The van der Waals surface area contributed by atoms with E-state index in [9.17, 15) is 0 Å². The molecule has 0 radical (unpaired) electrons. The first-order valence-electron chi connectivity index (χ1n) is 6.13. The van der Waals surface area contributed by atoms with Gasteiger partial charge in [0, 0.05) is 11.0 Å². The average Bonchev–Trinajstić information content (AvgIpc) is 2.95. The van der Waals surface area contributed by atoms with Crippen LogP contribution in [0.5, 0.6) is 0 Å². The molecule has 94 valence electrons. The number of amidine groups is 1. The number of rotatable bonds is 7. The summed E-state index contributed by atoms with van der Waals surface area (Å²) in [5.41, 5.74) is 5.86. The van der Waals surface area contributed by atoms with E-state index in [-0.39, 0.29) is 5.41 Å². The number of nitrogens with two attached hydrogens (primary N) is 1. The van der Waals surface area contributed by atoms with Crippen LogP contribution in [0.2, 0.25) is 0 Å². The topological polar surface area (TPSA) is 70.6 Å². The summed E-state index contributed by atoms with van der Waals surface area (Å²) in [4.78, 5) is 0. The summed E-state index contributed by atoms with van der Waals surface area (Å²) in [5.74, 6) is 0.328. The molecule has 16 heavy (non-hydrogen) atoms. The second-order valence-corrected chi connectivity index (χ2v) is 5.81.